The minimum atomic E-state index is -0.696. The zero-order valence-corrected chi connectivity index (χ0v) is 11.0. The Morgan fingerprint density at radius 2 is 2.15 bits per heavy atom. The molecule has 106 valence electrons. The third kappa shape index (κ3) is 2.21. The number of amides is 1. The first-order chi connectivity index (χ1) is 9.53. The fourth-order valence-electron chi connectivity index (χ4n) is 2.80. The van der Waals surface area contributed by atoms with Crippen LogP contribution in [0.25, 0.3) is 0 Å². The SMILES string of the molecule is O=C(NCC1(C2CC2)CC1)c1cccc([N+](=O)[O-])c1O. The highest BCUT2D eigenvalue weighted by Crippen LogP contribution is 2.60. The van der Waals surface area contributed by atoms with Crippen LogP contribution in [0.1, 0.15) is 36.0 Å². The van der Waals surface area contributed by atoms with Crippen molar-refractivity contribution >= 4 is 11.6 Å². The molecule has 2 saturated carbocycles. The summed E-state index contributed by atoms with van der Waals surface area (Å²) < 4.78 is 0. The molecule has 0 heterocycles. The van der Waals surface area contributed by atoms with E-state index in [1.165, 1.54) is 31.0 Å². The van der Waals surface area contributed by atoms with Crippen LogP contribution >= 0.6 is 0 Å². The fraction of sp³-hybridized carbons (Fsp3) is 0.500. The summed E-state index contributed by atoms with van der Waals surface area (Å²) in [5, 5.41) is 23.3. The molecule has 0 atom stereocenters. The van der Waals surface area contributed by atoms with Crippen LogP contribution in [0.4, 0.5) is 5.69 Å². The maximum Gasteiger partial charge on any atom is 0.311 e. The van der Waals surface area contributed by atoms with Gasteiger partial charge in [-0.1, -0.05) is 6.07 Å². The van der Waals surface area contributed by atoms with Crippen molar-refractivity contribution in [1.82, 2.24) is 5.32 Å². The molecule has 20 heavy (non-hydrogen) atoms. The summed E-state index contributed by atoms with van der Waals surface area (Å²) in [7, 11) is 0. The van der Waals surface area contributed by atoms with E-state index < -0.39 is 22.3 Å². The number of hydrogen-bond acceptors (Lipinski definition) is 4. The average molecular weight is 276 g/mol. The second-order valence-corrected chi connectivity index (χ2v) is 5.75. The highest BCUT2D eigenvalue weighted by atomic mass is 16.6. The second-order valence-electron chi connectivity index (χ2n) is 5.75. The van der Waals surface area contributed by atoms with Crippen molar-refractivity contribution in [1.29, 1.82) is 0 Å². The lowest BCUT2D eigenvalue weighted by atomic mass is 10.0. The van der Waals surface area contributed by atoms with Crippen molar-refractivity contribution < 1.29 is 14.8 Å². The Hall–Kier alpha value is -2.11. The normalized spacial score (nSPS) is 19.4. The Balaban J connectivity index is 1.71. The molecule has 0 aromatic heterocycles. The Morgan fingerprint density at radius 3 is 2.70 bits per heavy atom. The predicted octanol–water partition coefficient (Wildman–Crippen LogP) is 2.22. The number of rotatable bonds is 5. The Bertz CT molecular complexity index is 577. The highest BCUT2D eigenvalue weighted by Gasteiger charge is 2.53. The third-order valence-electron chi connectivity index (χ3n) is 4.39. The van der Waals surface area contributed by atoms with Gasteiger partial charge in [-0.05, 0) is 43.1 Å². The number of nitro benzene ring substituents is 1. The van der Waals surface area contributed by atoms with Gasteiger partial charge in [-0.3, -0.25) is 14.9 Å². The number of carbonyl (C=O) groups is 1. The number of nitrogens with one attached hydrogen (secondary N) is 1. The van der Waals surface area contributed by atoms with Gasteiger partial charge in [0.2, 0.25) is 5.75 Å². The van der Waals surface area contributed by atoms with E-state index in [1.807, 2.05) is 0 Å². The number of para-hydroxylation sites is 1. The Kier molecular flexibility index (Phi) is 2.88. The van der Waals surface area contributed by atoms with Crippen molar-refractivity contribution in [2.24, 2.45) is 11.3 Å². The van der Waals surface area contributed by atoms with Crippen molar-refractivity contribution in [2.75, 3.05) is 6.54 Å². The van der Waals surface area contributed by atoms with Gasteiger partial charge >= 0.3 is 5.69 Å². The van der Waals surface area contributed by atoms with Crippen molar-refractivity contribution in [3.8, 4) is 5.75 Å². The van der Waals surface area contributed by atoms with Gasteiger partial charge in [0.05, 0.1) is 10.5 Å². The van der Waals surface area contributed by atoms with Gasteiger partial charge in [-0.25, -0.2) is 0 Å². The molecule has 2 aliphatic rings. The minimum absolute atomic E-state index is 0.0363. The van der Waals surface area contributed by atoms with Crippen molar-refractivity contribution in [2.45, 2.75) is 25.7 Å². The molecule has 6 heteroatoms. The van der Waals surface area contributed by atoms with Crippen molar-refractivity contribution in [3.05, 3.63) is 33.9 Å². The zero-order valence-electron chi connectivity index (χ0n) is 11.0. The number of hydrogen-bond donors (Lipinski definition) is 2. The number of benzene rings is 1. The highest BCUT2D eigenvalue weighted by molar-refractivity contribution is 5.98. The van der Waals surface area contributed by atoms with E-state index >= 15 is 0 Å². The van der Waals surface area contributed by atoms with Crippen LogP contribution in [-0.4, -0.2) is 22.5 Å². The zero-order chi connectivity index (χ0) is 14.3. The van der Waals surface area contributed by atoms with E-state index in [0.29, 0.717) is 6.54 Å². The van der Waals surface area contributed by atoms with Crippen molar-refractivity contribution in [3.63, 3.8) is 0 Å². The van der Waals surface area contributed by atoms with Crippen LogP contribution in [0.5, 0.6) is 5.75 Å². The summed E-state index contributed by atoms with van der Waals surface area (Å²) in [6.07, 6.45) is 4.74. The Morgan fingerprint density at radius 1 is 1.45 bits per heavy atom. The minimum Gasteiger partial charge on any atom is -0.502 e. The summed E-state index contributed by atoms with van der Waals surface area (Å²) in [4.78, 5) is 22.1. The van der Waals surface area contributed by atoms with E-state index in [2.05, 4.69) is 5.32 Å². The number of phenolic OH excluding ortho intramolecular Hbond substituents is 1. The molecule has 1 aromatic carbocycles. The van der Waals surface area contributed by atoms with Crippen LogP contribution in [0.2, 0.25) is 0 Å². The molecule has 2 fully saturated rings. The van der Waals surface area contributed by atoms with Crippen LogP contribution in [0, 0.1) is 21.4 Å². The van der Waals surface area contributed by atoms with Crippen LogP contribution in [0.15, 0.2) is 18.2 Å². The largest absolute Gasteiger partial charge is 0.502 e. The third-order valence-corrected chi connectivity index (χ3v) is 4.39. The quantitative estimate of drug-likeness (QED) is 0.637. The molecule has 0 unspecified atom stereocenters. The molecule has 2 aliphatic carbocycles. The predicted molar refractivity (Wildman–Crippen MR) is 71.5 cm³/mol. The molecule has 0 radical (unpaired) electrons. The summed E-state index contributed by atoms with van der Waals surface area (Å²) in [6.45, 7) is 0.596. The standard InChI is InChI=1S/C14H16N2O4/c17-12-10(2-1-3-11(12)16(19)20)13(18)15-8-14(6-7-14)9-4-5-9/h1-3,9,17H,4-8H2,(H,15,18). The summed E-state index contributed by atoms with van der Waals surface area (Å²) >= 11 is 0. The molecule has 1 amide bonds. The molecule has 0 spiro atoms. The average Bonchev–Trinajstić information content (AvgIpc) is 3.27. The summed E-state index contributed by atoms with van der Waals surface area (Å²) in [5.41, 5.74) is -0.224. The molecule has 0 aliphatic heterocycles. The van der Waals surface area contributed by atoms with Gasteiger partial charge in [-0.2, -0.15) is 0 Å². The van der Waals surface area contributed by atoms with Gasteiger partial charge in [0.25, 0.3) is 5.91 Å². The summed E-state index contributed by atoms with van der Waals surface area (Å²) in [6, 6.07) is 3.98. The van der Waals surface area contributed by atoms with Gasteiger partial charge in [0.15, 0.2) is 0 Å². The van der Waals surface area contributed by atoms with Gasteiger partial charge in [0, 0.05) is 12.6 Å². The topological polar surface area (TPSA) is 92.5 Å². The first-order valence-corrected chi connectivity index (χ1v) is 6.78. The molecule has 1 aromatic rings. The van der Waals surface area contributed by atoms with E-state index in [0.717, 1.165) is 18.8 Å². The lowest BCUT2D eigenvalue weighted by Gasteiger charge is -2.15. The molecule has 0 bridgehead atoms. The maximum absolute atomic E-state index is 12.1. The summed E-state index contributed by atoms with van der Waals surface area (Å²) in [5.74, 6) is -0.286. The molecule has 6 nitrogen and oxygen atoms in total. The number of nitro groups is 1. The molecule has 3 rings (SSSR count). The number of carbonyl (C=O) groups excluding carboxylic acids is 1. The molecular formula is C14H16N2O4. The van der Waals surface area contributed by atoms with Crippen LogP contribution in [-0.2, 0) is 0 Å². The maximum atomic E-state index is 12.1. The van der Waals surface area contributed by atoms with E-state index in [4.69, 9.17) is 0 Å². The van der Waals surface area contributed by atoms with Crippen LogP contribution < -0.4 is 5.32 Å². The second kappa shape index (κ2) is 4.47. The van der Waals surface area contributed by atoms with Gasteiger partial charge in [-0.15, -0.1) is 0 Å². The number of nitrogens with zero attached hydrogens (tertiary/aromatic N) is 1. The smallest absolute Gasteiger partial charge is 0.311 e. The first kappa shape index (κ1) is 12.9. The Labute approximate surface area is 115 Å². The van der Waals surface area contributed by atoms with Gasteiger partial charge in [0.1, 0.15) is 0 Å². The van der Waals surface area contributed by atoms with E-state index in [9.17, 15) is 20.0 Å². The first-order valence-electron chi connectivity index (χ1n) is 6.78. The number of phenols is 1. The number of aromatic hydroxyl groups is 1. The molecule has 2 N–H and O–H groups in total. The lowest BCUT2D eigenvalue weighted by molar-refractivity contribution is -0.385. The van der Waals surface area contributed by atoms with E-state index in [1.54, 1.807) is 0 Å². The molecule has 0 saturated heterocycles. The van der Waals surface area contributed by atoms with Crippen LogP contribution in [0.3, 0.4) is 0 Å². The fourth-order valence-corrected chi connectivity index (χ4v) is 2.80. The van der Waals surface area contributed by atoms with E-state index in [-0.39, 0.29) is 11.0 Å². The lowest BCUT2D eigenvalue weighted by Crippen LogP contribution is -2.31. The van der Waals surface area contributed by atoms with Gasteiger partial charge < -0.3 is 10.4 Å². The molecular weight excluding hydrogens is 260 g/mol. The monoisotopic (exact) mass is 276 g/mol.